The Bertz CT molecular complexity index is 602. The minimum absolute atomic E-state index is 0.104. The van der Waals surface area contributed by atoms with Gasteiger partial charge in [0.05, 0.1) is 26.2 Å². The maximum absolute atomic E-state index is 11.8. The molecule has 0 saturated carbocycles. The van der Waals surface area contributed by atoms with Crippen molar-refractivity contribution in [2.45, 2.75) is 12.8 Å². The highest BCUT2D eigenvalue weighted by Gasteiger charge is 2.12. The molecule has 8 nitrogen and oxygen atoms in total. The quantitative estimate of drug-likeness (QED) is 0.689. The lowest BCUT2D eigenvalue weighted by molar-refractivity contribution is -0.137. The van der Waals surface area contributed by atoms with E-state index in [9.17, 15) is 14.4 Å². The lowest BCUT2D eigenvalue weighted by atomic mass is 10.1. The Balaban J connectivity index is 2.56. The van der Waals surface area contributed by atoms with Gasteiger partial charge in [0.2, 0.25) is 0 Å². The van der Waals surface area contributed by atoms with E-state index in [-0.39, 0.29) is 19.0 Å². The second-order valence-corrected chi connectivity index (χ2v) is 5.07. The molecule has 0 unspecified atom stereocenters. The number of esters is 1. The highest BCUT2D eigenvalue weighted by molar-refractivity contribution is 5.89. The Morgan fingerprint density at radius 1 is 1.25 bits per heavy atom. The fourth-order valence-electron chi connectivity index (χ4n) is 2.00. The molecule has 0 spiro atoms. The molecule has 2 N–H and O–H groups in total. The molecular formula is C16H22N2O6. The number of ether oxygens (including phenoxy) is 2. The third kappa shape index (κ3) is 5.79. The zero-order valence-corrected chi connectivity index (χ0v) is 14.0. The van der Waals surface area contributed by atoms with Crippen LogP contribution >= 0.6 is 0 Å². The molecule has 0 fully saturated rings. The number of benzene rings is 1. The van der Waals surface area contributed by atoms with Gasteiger partial charge in [0.25, 0.3) is 0 Å². The number of methoxy groups -OCH3 is 2. The van der Waals surface area contributed by atoms with E-state index < -0.39 is 11.9 Å². The van der Waals surface area contributed by atoms with Crippen molar-refractivity contribution < 1.29 is 29.0 Å². The number of carbonyl (C=O) groups is 3. The fourth-order valence-corrected chi connectivity index (χ4v) is 2.00. The molecule has 0 aromatic heterocycles. The molecular weight excluding hydrogens is 316 g/mol. The van der Waals surface area contributed by atoms with Crippen LogP contribution in [0.3, 0.4) is 0 Å². The normalized spacial score (nSPS) is 9.96. The van der Waals surface area contributed by atoms with E-state index in [4.69, 9.17) is 9.84 Å². The summed E-state index contributed by atoms with van der Waals surface area (Å²) in [5.74, 6) is -0.871. The molecule has 0 saturated heterocycles. The topological polar surface area (TPSA) is 105 Å². The number of nitrogens with zero attached hydrogens (tertiary/aromatic N) is 1. The van der Waals surface area contributed by atoms with Crippen LogP contribution in [0.25, 0.3) is 0 Å². The van der Waals surface area contributed by atoms with Crippen LogP contribution < -0.4 is 10.1 Å². The van der Waals surface area contributed by atoms with Crippen molar-refractivity contribution in [1.82, 2.24) is 10.2 Å². The van der Waals surface area contributed by atoms with Crippen LogP contribution in [0.15, 0.2) is 18.2 Å². The lowest BCUT2D eigenvalue weighted by Crippen LogP contribution is -2.39. The van der Waals surface area contributed by atoms with E-state index in [1.165, 1.54) is 26.2 Å². The summed E-state index contributed by atoms with van der Waals surface area (Å²) in [6.07, 6.45) is 0.399. The first-order valence-corrected chi connectivity index (χ1v) is 7.35. The minimum atomic E-state index is -0.954. The predicted octanol–water partition coefficient (Wildman–Crippen LogP) is 1.14. The predicted molar refractivity (Wildman–Crippen MR) is 86.3 cm³/mol. The van der Waals surface area contributed by atoms with Gasteiger partial charge in [-0.1, -0.05) is 6.07 Å². The van der Waals surface area contributed by atoms with Gasteiger partial charge in [0, 0.05) is 20.1 Å². The van der Waals surface area contributed by atoms with Crippen LogP contribution in [0.2, 0.25) is 0 Å². The van der Waals surface area contributed by atoms with Gasteiger partial charge >= 0.3 is 18.0 Å². The van der Waals surface area contributed by atoms with Gasteiger partial charge in [-0.2, -0.15) is 0 Å². The second-order valence-electron chi connectivity index (χ2n) is 5.07. The third-order valence-electron chi connectivity index (χ3n) is 3.39. The Kier molecular flexibility index (Phi) is 7.54. The Hall–Kier alpha value is -2.77. The maximum atomic E-state index is 11.8. The third-order valence-corrected chi connectivity index (χ3v) is 3.39. The molecule has 132 valence electrons. The number of carboxylic acids is 1. The fraction of sp³-hybridized carbons (Fsp3) is 0.438. The average Bonchev–Trinajstić information content (AvgIpc) is 2.58. The molecule has 2 amide bonds. The Morgan fingerprint density at radius 3 is 2.54 bits per heavy atom. The molecule has 0 aliphatic heterocycles. The summed E-state index contributed by atoms with van der Waals surface area (Å²) in [7, 11) is 4.33. The van der Waals surface area contributed by atoms with E-state index in [0.717, 1.165) is 5.56 Å². The van der Waals surface area contributed by atoms with Crippen LogP contribution in [0.1, 0.15) is 22.3 Å². The molecule has 0 atom stereocenters. The number of hydrogen-bond acceptors (Lipinski definition) is 5. The average molecular weight is 338 g/mol. The van der Waals surface area contributed by atoms with Gasteiger partial charge < -0.3 is 24.8 Å². The van der Waals surface area contributed by atoms with Gasteiger partial charge in [0.1, 0.15) is 5.75 Å². The van der Waals surface area contributed by atoms with Gasteiger partial charge in [-0.3, -0.25) is 4.79 Å². The summed E-state index contributed by atoms with van der Waals surface area (Å²) in [6, 6.07) is 4.61. The van der Waals surface area contributed by atoms with Crippen LogP contribution in [-0.2, 0) is 16.0 Å². The first-order valence-electron chi connectivity index (χ1n) is 7.35. The van der Waals surface area contributed by atoms with Crippen molar-refractivity contribution >= 4 is 18.0 Å². The van der Waals surface area contributed by atoms with Crippen LogP contribution in [-0.4, -0.2) is 62.3 Å². The molecule has 1 aromatic rings. The van der Waals surface area contributed by atoms with Crippen molar-refractivity contribution in [3.8, 4) is 5.75 Å². The largest absolute Gasteiger partial charge is 0.496 e. The molecule has 8 heteroatoms. The molecule has 0 radical (unpaired) electrons. The number of urea groups is 1. The van der Waals surface area contributed by atoms with E-state index in [1.807, 2.05) is 0 Å². The number of aliphatic carboxylic acids is 1. The summed E-state index contributed by atoms with van der Waals surface area (Å²) < 4.78 is 9.91. The molecule has 24 heavy (non-hydrogen) atoms. The Labute approximate surface area is 140 Å². The van der Waals surface area contributed by atoms with E-state index >= 15 is 0 Å². The number of carboxylic acid groups (broad SMARTS) is 1. The zero-order valence-electron chi connectivity index (χ0n) is 14.0. The van der Waals surface area contributed by atoms with Gasteiger partial charge in [-0.05, 0) is 24.1 Å². The number of carbonyl (C=O) groups excluding carboxylic acids is 2. The number of nitrogens with one attached hydrogen (secondary N) is 1. The summed E-state index contributed by atoms with van der Waals surface area (Å²) in [5, 5.41) is 11.3. The van der Waals surface area contributed by atoms with Gasteiger partial charge in [0.15, 0.2) is 0 Å². The van der Waals surface area contributed by atoms with Gasteiger partial charge in [-0.15, -0.1) is 0 Å². The first-order chi connectivity index (χ1) is 11.4. The van der Waals surface area contributed by atoms with E-state index in [2.05, 4.69) is 10.1 Å². The molecule has 0 heterocycles. The zero-order chi connectivity index (χ0) is 18.1. The van der Waals surface area contributed by atoms with Crippen molar-refractivity contribution in [3.05, 3.63) is 29.3 Å². The standard InChI is InChI=1S/C16H22N2O6/c1-18(9-7-14(19)20)16(22)17-8-6-11-4-5-12(15(21)24-3)10-13(11)23-2/h4-5,10H,6-9H2,1-3H3,(H,17,22)(H,19,20). The van der Waals surface area contributed by atoms with Crippen LogP contribution in [0.4, 0.5) is 4.79 Å². The molecule has 0 bridgehead atoms. The van der Waals surface area contributed by atoms with Crippen molar-refractivity contribution in [1.29, 1.82) is 0 Å². The minimum Gasteiger partial charge on any atom is -0.496 e. The summed E-state index contributed by atoms with van der Waals surface area (Å²) in [4.78, 5) is 35.1. The number of hydrogen-bond donors (Lipinski definition) is 2. The van der Waals surface area contributed by atoms with Gasteiger partial charge in [-0.25, -0.2) is 9.59 Å². The second kappa shape index (κ2) is 9.39. The maximum Gasteiger partial charge on any atom is 0.337 e. The van der Waals surface area contributed by atoms with Crippen molar-refractivity contribution in [2.75, 3.05) is 34.4 Å². The molecule has 0 aliphatic rings. The summed E-state index contributed by atoms with van der Waals surface area (Å²) in [6.45, 7) is 0.489. The van der Waals surface area contributed by atoms with E-state index in [1.54, 1.807) is 18.2 Å². The van der Waals surface area contributed by atoms with E-state index in [0.29, 0.717) is 24.3 Å². The van der Waals surface area contributed by atoms with Crippen LogP contribution in [0, 0.1) is 0 Å². The highest BCUT2D eigenvalue weighted by atomic mass is 16.5. The SMILES string of the molecule is COC(=O)c1ccc(CCNC(=O)N(C)CCC(=O)O)c(OC)c1. The van der Waals surface area contributed by atoms with Crippen molar-refractivity contribution in [2.24, 2.45) is 0 Å². The monoisotopic (exact) mass is 338 g/mol. The summed E-state index contributed by atoms with van der Waals surface area (Å²) >= 11 is 0. The number of rotatable bonds is 8. The number of amides is 2. The first kappa shape index (κ1) is 19.3. The van der Waals surface area contributed by atoms with Crippen molar-refractivity contribution in [3.63, 3.8) is 0 Å². The molecule has 1 aromatic carbocycles. The molecule has 1 rings (SSSR count). The molecule has 0 aliphatic carbocycles. The lowest BCUT2D eigenvalue weighted by Gasteiger charge is -2.17. The van der Waals surface area contributed by atoms with Crippen LogP contribution in [0.5, 0.6) is 5.75 Å². The highest BCUT2D eigenvalue weighted by Crippen LogP contribution is 2.21. The summed E-state index contributed by atoms with van der Waals surface area (Å²) in [5.41, 5.74) is 1.22. The Morgan fingerprint density at radius 2 is 1.96 bits per heavy atom. The smallest absolute Gasteiger partial charge is 0.337 e.